The van der Waals surface area contributed by atoms with Gasteiger partial charge in [0.25, 0.3) is 0 Å². The number of halogens is 1. The number of anilines is 1. The van der Waals surface area contributed by atoms with Crippen LogP contribution in [0.1, 0.15) is 11.4 Å². The van der Waals surface area contributed by atoms with Gasteiger partial charge in [-0.25, -0.2) is 0 Å². The van der Waals surface area contributed by atoms with Gasteiger partial charge in [-0.1, -0.05) is 11.6 Å². The van der Waals surface area contributed by atoms with Gasteiger partial charge in [-0.2, -0.15) is 0 Å². The second-order valence-electron chi connectivity index (χ2n) is 4.02. The molecule has 0 radical (unpaired) electrons. The van der Waals surface area contributed by atoms with Gasteiger partial charge in [-0.15, -0.1) is 0 Å². The van der Waals surface area contributed by atoms with Crippen molar-refractivity contribution in [2.75, 3.05) is 5.73 Å². The predicted octanol–water partition coefficient (Wildman–Crippen LogP) is 2.69. The number of hydrogen-bond donors (Lipinski definition) is 1. The summed E-state index contributed by atoms with van der Waals surface area (Å²) in [6, 6.07) is 8.62. The molecule has 0 saturated carbocycles. The van der Waals surface area contributed by atoms with E-state index in [4.69, 9.17) is 17.3 Å². The lowest BCUT2D eigenvalue weighted by atomic mass is 10.2. The van der Waals surface area contributed by atoms with Crippen LogP contribution in [0.25, 0.3) is 5.69 Å². The van der Waals surface area contributed by atoms with Crippen LogP contribution < -0.4 is 11.2 Å². The highest BCUT2D eigenvalue weighted by atomic mass is 35.5. The Balaban J connectivity index is 2.68. The van der Waals surface area contributed by atoms with Crippen LogP contribution in [0.3, 0.4) is 0 Å². The fraction of sp³-hybridized carbons (Fsp3) is 0.154. The van der Waals surface area contributed by atoms with Crippen LogP contribution in [0.2, 0.25) is 5.02 Å². The third kappa shape index (κ3) is 2.19. The van der Waals surface area contributed by atoms with E-state index in [0.717, 1.165) is 17.1 Å². The Bertz CT molecular complexity index is 606. The second kappa shape index (κ2) is 4.26. The van der Waals surface area contributed by atoms with Crippen molar-refractivity contribution >= 4 is 17.3 Å². The fourth-order valence-electron chi connectivity index (χ4n) is 1.92. The van der Waals surface area contributed by atoms with E-state index in [9.17, 15) is 4.79 Å². The molecule has 0 amide bonds. The van der Waals surface area contributed by atoms with Gasteiger partial charge in [0.1, 0.15) is 0 Å². The van der Waals surface area contributed by atoms with E-state index in [1.54, 1.807) is 24.3 Å². The highest BCUT2D eigenvalue weighted by molar-refractivity contribution is 6.33. The summed E-state index contributed by atoms with van der Waals surface area (Å²) >= 11 is 6.00. The predicted molar refractivity (Wildman–Crippen MR) is 70.9 cm³/mol. The van der Waals surface area contributed by atoms with E-state index in [1.165, 1.54) is 0 Å². The molecule has 17 heavy (non-hydrogen) atoms. The fourth-order valence-corrected chi connectivity index (χ4v) is 2.10. The Morgan fingerprint density at radius 3 is 2.24 bits per heavy atom. The number of rotatable bonds is 1. The summed E-state index contributed by atoms with van der Waals surface area (Å²) in [4.78, 5) is 11.4. The van der Waals surface area contributed by atoms with Gasteiger partial charge < -0.3 is 10.3 Å². The summed E-state index contributed by atoms with van der Waals surface area (Å²) in [5.41, 5.74) is 8.88. The Kier molecular flexibility index (Phi) is 2.94. The molecule has 4 heteroatoms. The molecule has 0 spiro atoms. The van der Waals surface area contributed by atoms with E-state index in [1.807, 2.05) is 24.5 Å². The van der Waals surface area contributed by atoms with Crippen LogP contribution in [0.5, 0.6) is 0 Å². The molecule has 0 bridgehead atoms. The largest absolute Gasteiger partial charge is 0.398 e. The smallest absolute Gasteiger partial charge is 0.182 e. The summed E-state index contributed by atoms with van der Waals surface area (Å²) in [6.45, 7) is 3.78. The number of aromatic nitrogens is 1. The Morgan fingerprint density at radius 2 is 1.71 bits per heavy atom. The van der Waals surface area contributed by atoms with E-state index >= 15 is 0 Å². The molecule has 0 aliphatic heterocycles. The molecule has 1 aromatic heterocycles. The lowest BCUT2D eigenvalue weighted by Gasteiger charge is -2.14. The lowest BCUT2D eigenvalue weighted by molar-refractivity contribution is 0.922. The lowest BCUT2D eigenvalue weighted by Crippen LogP contribution is -2.11. The number of nitrogens with two attached hydrogens (primary N) is 1. The van der Waals surface area contributed by atoms with Crippen LogP contribution >= 0.6 is 11.6 Å². The standard InChI is InChI=1S/C13H13ClN2O/c1-8-5-11(17)6-9(2)16(8)10-3-4-13(15)12(14)7-10/h3-7H,15H2,1-2H3. The molecule has 2 rings (SSSR count). The normalized spacial score (nSPS) is 10.5. The molecule has 2 N–H and O–H groups in total. The molecule has 1 aromatic carbocycles. The van der Waals surface area contributed by atoms with Gasteiger partial charge in [0, 0.05) is 29.2 Å². The summed E-state index contributed by atoms with van der Waals surface area (Å²) in [7, 11) is 0. The van der Waals surface area contributed by atoms with E-state index in [0.29, 0.717) is 10.7 Å². The van der Waals surface area contributed by atoms with Gasteiger partial charge in [-0.05, 0) is 32.0 Å². The molecule has 0 atom stereocenters. The SMILES string of the molecule is Cc1cc(=O)cc(C)n1-c1ccc(N)c(Cl)c1. The zero-order valence-electron chi connectivity index (χ0n) is 9.70. The topological polar surface area (TPSA) is 48.0 Å². The van der Waals surface area contributed by atoms with Crippen LogP contribution in [0.15, 0.2) is 35.1 Å². The third-order valence-electron chi connectivity index (χ3n) is 2.65. The number of benzene rings is 1. The Hall–Kier alpha value is -1.74. The zero-order chi connectivity index (χ0) is 12.6. The number of aryl methyl sites for hydroxylation is 2. The number of pyridine rings is 1. The summed E-state index contributed by atoms with van der Waals surface area (Å²) in [5, 5.41) is 0.514. The van der Waals surface area contributed by atoms with Crippen molar-refractivity contribution in [1.29, 1.82) is 0 Å². The molecule has 88 valence electrons. The molecule has 0 aliphatic carbocycles. The van der Waals surface area contributed by atoms with Gasteiger partial charge in [0.2, 0.25) is 0 Å². The molecule has 0 unspecified atom stereocenters. The Morgan fingerprint density at radius 1 is 1.12 bits per heavy atom. The van der Waals surface area contributed by atoms with E-state index < -0.39 is 0 Å². The highest BCUT2D eigenvalue weighted by Crippen LogP contribution is 2.23. The molecule has 2 aromatic rings. The van der Waals surface area contributed by atoms with Gasteiger partial charge in [0.15, 0.2) is 5.43 Å². The van der Waals surface area contributed by atoms with Crippen LogP contribution in [0, 0.1) is 13.8 Å². The minimum Gasteiger partial charge on any atom is -0.398 e. The van der Waals surface area contributed by atoms with E-state index in [2.05, 4.69) is 0 Å². The number of hydrogen-bond acceptors (Lipinski definition) is 2. The van der Waals surface area contributed by atoms with Gasteiger partial charge in [-0.3, -0.25) is 4.79 Å². The van der Waals surface area contributed by atoms with Crippen LogP contribution in [-0.4, -0.2) is 4.57 Å². The maximum atomic E-state index is 11.4. The maximum Gasteiger partial charge on any atom is 0.182 e. The molecular weight excluding hydrogens is 236 g/mol. The Labute approximate surface area is 104 Å². The third-order valence-corrected chi connectivity index (χ3v) is 2.98. The van der Waals surface area contributed by atoms with Crippen molar-refractivity contribution in [3.63, 3.8) is 0 Å². The van der Waals surface area contributed by atoms with Crippen molar-refractivity contribution in [3.05, 3.63) is 57.0 Å². The second-order valence-corrected chi connectivity index (χ2v) is 4.42. The number of nitrogens with zero attached hydrogens (tertiary/aromatic N) is 1. The molecule has 0 saturated heterocycles. The maximum absolute atomic E-state index is 11.4. The zero-order valence-corrected chi connectivity index (χ0v) is 10.5. The van der Waals surface area contributed by atoms with Gasteiger partial charge >= 0.3 is 0 Å². The summed E-state index contributed by atoms with van der Waals surface area (Å²) in [6.07, 6.45) is 0. The minimum atomic E-state index is 0.0118. The van der Waals surface area contributed by atoms with Crippen molar-refractivity contribution in [3.8, 4) is 5.69 Å². The highest BCUT2D eigenvalue weighted by Gasteiger charge is 2.05. The first kappa shape index (κ1) is 11.7. The average Bonchev–Trinajstić information content (AvgIpc) is 2.21. The van der Waals surface area contributed by atoms with Crippen molar-refractivity contribution in [2.45, 2.75) is 13.8 Å². The molecule has 0 aliphatic rings. The molecular formula is C13H13ClN2O. The minimum absolute atomic E-state index is 0.0118. The quantitative estimate of drug-likeness (QED) is 0.789. The number of nitrogen functional groups attached to an aromatic ring is 1. The average molecular weight is 249 g/mol. The van der Waals surface area contributed by atoms with Crippen molar-refractivity contribution in [1.82, 2.24) is 4.57 Å². The first-order valence-corrected chi connectivity index (χ1v) is 5.62. The van der Waals surface area contributed by atoms with Crippen molar-refractivity contribution in [2.24, 2.45) is 0 Å². The summed E-state index contributed by atoms with van der Waals surface area (Å²) < 4.78 is 1.96. The first-order chi connectivity index (χ1) is 7.99. The van der Waals surface area contributed by atoms with Crippen molar-refractivity contribution < 1.29 is 0 Å². The molecule has 3 nitrogen and oxygen atoms in total. The summed E-state index contributed by atoms with van der Waals surface area (Å²) in [5.74, 6) is 0. The van der Waals surface area contributed by atoms with E-state index in [-0.39, 0.29) is 5.43 Å². The first-order valence-electron chi connectivity index (χ1n) is 5.25. The van der Waals surface area contributed by atoms with Gasteiger partial charge in [0.05, 0.1) is 10.7 Å². The van der Waals surface area contributed by atoms with Crippen LogP contribution in [0.4, 0.5) is 5.69 Å². The molecule has 1 heterocycles. The monoisotopic (exact) mass is 248 g/mol. The molecule has 0 fully saturated rings. The van der Waals surface area contributed by atoms with Crippen LogP contribution in [-0.2, 0) is 0 Å².